The molecule has 0 fully saturated rings. The van der Waals surface area contributed by atoms with Gasteiger partial charge in [0.1, 0.15) is 0 Å². The minimum absolute atomic E-state index is 0. The van der Waals surface area contributed by atoms with Gasteiger partial charge in [-0.1, -0.05) is 206 Å². The summed E-state index contributed by atoms with van der Waals surface area (Å²) in [5.74, 6) is 0.199. The third-order valence-electron chi connectivity index (χ3n) is 8.51. The number of hydrogen-bond donors (Lipinski definition) is 0. The molecule has 0 amide bonds. The molecule has 0 saturated heterocycles. The summed E-state index contributed by atoms with van der Waals surface area (Å²) in [7, 11) is -3.32. The van der Waals surface area contributed by atoms with Crippen molar-refractivity contribution in [2.75, 3.05) is 12.4 Å². The minimum atomic E-state index is -3.32. The number of unbranched alkanes of at least 4 members (excludes halogenated alkanes) is 30. The van der Waals surface area contributed by atoms with Crippen LogP contribution in [-0.2, 0) is 14.3 Å². The van der Waals surface area contributed by atoms with E-state index in [4.69, 9.17) is 4.18 Å². The zero-order valence-electron chi connectivity index (χ0n) is 30.4. The molecule has 0 unspecified atom stereocenters. The fourth-order valence-electron chi connectivity index (χ4n) is 5.72. The quantitative estimate of drug-likeness (QED) is 0.0371. The van der Waals surface area contributed by atoms with Crippen molar-refractivity contribution in [3.8, 4) is 0 Å². The van der Waals surface area contributed by atoms with Crippen LogP contribution in [-0.4, -0.2) is 69.7 Å². The second kappa shape index (κ2) is 37.7. The van der Waals surface area contributed by atoms with Gasteiger partial charge in [-0.05, 0) is 12.8 Å². The van der Waals surface area contributed by atoms with Gasteiger partial charge in [0, 0.05) is 0 Å². The van der Waals surface area contributed by atoms with Crippen molar-refractivity contribution in [1.29, 1.82) is 0 Å². The first-order valence-corrected chi connectivity index (χ1v) is 20.1. The van der Waals surface area contributed by atoms with Crippen molar-refractivity contribution >= 4 is 59.0 Å². The second-order valence-electron chi connectivity index (χ2n) is 12.7. The molecule has 0 atom stereocenters. The van der Waals surface area contributed by atoms with Crippen molar-refractivity contribution in [2.45, 2.75) is 219 Å². The molecule has 0 radical (unpaired) electrons. The van der Waals surface area contributed by atoms with Gasteiger partial charge >= 0.3 is 48.9 Å². The van der Waals surface area contributed by atoms with E-state index < -0.39 is 10.1 Å². The Morgan fingerprint density at radius 2 is 0.585 bits per heavy atom. The van der Waals surface area contributed by atoms with Gasteiger partial charge in [0.15, 0.2) is 0 Å². The summed E-state index contributed by atoms with van der Waals surface area (Å²) >= 11 is 0. The van der Waals surface area contributed by atoms with Crippen molar-refractivity contribution < 1.29 is 15.5 Å². The second-order valence-corrected chi connectivity index (χ2v) is 14.4. The zero-order valence-corrected chi connectivity index (χ0v) is 33.6. The van der Waals surface area contributed by atoms with Crippen LogP contribution in [0.1, 0.15) is 222 Å². The molecule has 0 spiro atoms. The average Bonchev–Trinajstić information content (AvgIpc) is 2.94. The van der Waals surface area contributed by atoms with E-state index in [1.807, 2.05) is 0 Å². The van der Waals surface area contributed by atoms with E-state index in [1.54, 1.807) is 0 Å². The molecule has 0 aromatic heterocycles. The molecule has 0 rings (SSSR count). The Balaban J connectivity index is -0.00000253. The summed E-state index contributed by atoms with van der Waals surface area (Å²) in [5.41, 5.74) is 0. The minimum Gasteiger partial charge on any atom is -1.00 e. The first-order chi connectivity index (χ1) is 19.6. The molecule has 0 aliphatic rings. The van der Waals surface area contributed by atoms with Crippen LogP contribution in [0.15, 0.2) is 0 Å². The smallest absolute Gasteiger partial charge is 1.00 e. The van der Waals surface area contributed by atoms with Crippen LogP contribution in [0.3, 0.4) is 0 Å². The van der Waals surface area contributed by atoms with Crippen LogP contribution >= 0.6 is 0 Å². The predicted octanol–water partition coefficient (Wildman–Crippen LogP) is 12.7. The molecule has 5 heteroatoms. The summed E-state index contributed by atoms with van der Waals surface area (Å²) < 4.78 is 29.5. The Hall–Kier alpha value is 1.48. The summed E-state index contributed by atoms with van der Waals surface area (Å²) in [6.07, 6.45) is 42.1. The van der Waals surface area contributed by atoms with Crippen LogP contribution in [0, 0.1) is 0 Å². The molecule has 0 heterocycles. The first-order valence-electron chi connectivity index (χ1n) is 18.5. The van der Waals surface area contributed by atoms with Gasteiger partial charge in [0.2, 0.25) is 0 Å². The molecule has 3 nitrogen and oxygen atoms in total. The monoisotopic (exact) mass is 726 g/mol. The Kier molecular flexibility index (Phi) is 41.0. The molecule has 0 aromatic carbocycles. The van der Waals surface area contributed by atoms with E-state index in [0.717, 1.165) is 32.1 Å². The third kappa shape index (κ3) is 39.5. The molecule has 0 N–H and O–H groups in total. The summed E-state index contributed by atoms with van der Waals surface area (Å²) in [6.45, 7) is 4.94. The van der Waals surface area contributed by atoms with Crippen LogP contribution in [0.4, 0.5) is 0 Å². The van der Waals surface area contributed by atoms with Crippen LogP contribution in [0.25, 0.3) is 0 Å². The third-order valence-corrected chi connectivity index (χ3v) is 9.82. The van der Waals surface area contributed by atoms with E-state index >= 15 is 0 Å². The maximum absolute atomic E-state index is 12.1. The first kappa shape index (κ1) is 44.6. The molecule has 0 aliphatic heterocycles. The van der Waals surface area contributed by atoms with E-state index in [1.165, 1.54) is 173 Å². The molecule has 0 aromatic rings. The fraction of sp³-hybridized carbons (Fsp3) is 1.00. The van der Waals surface area contributed by atoms with Crippen molar-refractivity contribution in [2.24, 2.45) is 0 Å². The van der Waals surface area contributed by atoms with Gasteiger partial charge in [-0.15, -0.1) is 0 Å². The van der Waals surface area contributed by atoms with E-state index in [0.29, 0.717) is 6.61 Å². The Morgan fingerprint density at radius 3 is 0.854 bits per heavy atom. The molecular formula is C36H76BaO3S. The summed E-state index contributed by atoms with van der Waals surface area (Å²) in [6, 6.07) is 0. The fourth-order valence-corrected chi connectivity index (χ4v) is 6.77. The molecule has 0 aliphatic carbocycles. The predicted molar refractivity (Wildman–Crippen MR) is 187 cm³/mol. The molecule has 0 saturated carbocycles. The van der Waals surface area contributed by atoms with Crippen molar-refractivity contribution in [3.63, 3.8) is 0 Å². The largest absolute Gasteiger partial charge is 2.00 e. The molecular weight excluding hydrogens is 650 g/mol. The van der Waals surface area contributed by atoms with Gasteiger partial charge in [-0.3, -0.25) is 4.18 Å². The van der Waals surface area contributed by atoms with Crippen LogP contribution in [0.2, 0.25) is 0 Å². The Bertz CT molecular complexity index is 579. The zero-order chi connectivity index (χ0) is 29.2. The van der Waals surface area contributed by atoms with Gasteiger partial charge in [-0.25, -0.2) is 0 Å². The number of hydrogen-bond acceptors (Lipinski definition) is 3. The van der Waals surface area contributed by atoms with Gasteiger partial charge in [0.05, 0.1) is 12.4 Å². The molecule has 0 bridgehead atoms. The molecule has 41 heavy (non-hydrogen) atoms. The maximum Gasteiger partial charge on any atom is 2.00 e. The summed E-state index contributed by atoms with van der Waals surface area (Å²) in [4.78, 5) is 0. The van der Waals surface area contributed by atoms with Crippen molar-refractivity contribution in [1.82, 2.24) is 0 Å². The number of rotatable bonds is 35. The van der Waals surface area contributed by atoms with E-state index in [2.05, 4.69) is 13.8 Å². The van der Waals surface area contributed by atoms with Crippen molar-refractivity contribution in [3.05, 3.63) is 0 Å². The van der Waals surface area contributed by atoms with Gasteiger partial charge < -0.3 is 2.85 Å². The van der Waals surface area contributed by atoms with E-state index in [9.17, 15) is 8.42 Å². The Labute approximate surface area is 303 Å². The van der Waals surface area contributed by atoms with Gasteiger partial charge in [-0.2, -0.15) is 8.42 Å². The Morgan fingerprint density at radius 1 is 0.366 bits per heavy atom. The normalized spacial score (nSPS) is 11.7. The topological polar surface area (TPSA) is 43.4 Å². The van der Waals surface area contributed by atoms with Gasteiger partial charge in [0.25, 0.3) is 10.1 Å². The SMILES string of the molecule is CCCCCCCCCCCCCCCCCCOS(=O)(=O)CCCCCCCCCCCCCCCCCC.[Ba+2].[H-].[H-]. The van der Waals surface area contributed by atoms with Crippen LogP contribution < -0.4 is 0 Å². The summed E-state index contributed by atoms with van der Waals surface area (Å²) in [5, 5.41) is 0. The average molecular weight is 726 g/mol. The van der Waals surface area contributed by atoms with E-state index in [-0.39, 0.29) is 57.5 Å². The van der Waals surface area contributed by atoms with Crippen LogP contribution in [0.5, 0.6) is 0 Å². The molecule has 246 valence electrons. The maximum atomic E-state index is 12.1. The standard InChI is InChI=1S/C36H74O3S.Ba.2H/c1-3-5-7-9-11-13-15-17-19-21-23-25-27-29-31-33-35-39-40(37,38)36-34-32-30-28-26-24-22-20-18-16-14-12-10-8-6-4-2;;;/h3-36H2,1-2H3;;;/q;+2;2*-1.